The van der Waals surface area contributed by atoms with Gasteiger partial charge in [-0.3, -0.25) is 0 Å². The average Bonchev–Trinajstić information content (AvgIpc) is 3.15. The molecular weight excluding hydrogens is 473 g/mol. The Balaban J connectivity index is 1.55. The number of urea groups is 1. The van der Waals surface area contributed by atoms with E-state index in [0.29, 0.717) is 35.7 Å². The van der Waals surface area contributed by atoms with Crippen molar-refractivity contribution in [1.29, 1.82) is 0 Å². The third kappa shape index (κ3) is 5.15. The zero-order chi connectivity index (χ0) is 24.8. The van der Waals surface area contributed by atoms with Gasteiger partial charge in [-0.25, -0.2) is 14.8 Å². The summed E-state index contributed by atoms with van der Waals surface area (Å²) in [5.41, 5.74) is 6.52. The molecule has 0 radical (unpaired) electrons. The van der Waals surface area contributed by atoms with Crippen LogP contribution in [-0.4, -0.2) is 51.1 Å². The van der Waals surface area contributed by atoms with Crippen LogP contribution in [-0.2, 0) is 24.0 Å². The van der Waals surface area contributed by atoms with Crippen LogP contribution in [0.3, 0.4) is 0 Å². The maximum absolute atomic E-state index is 13.2. The highest BCUT2D eigenvalue weighted by molar-refractivity contribution is 6.28. The Kier molecular flexibility index (Phi) is 6.52. The number of carbonyl (C=O) groups is 1. The number of nitrogen functional groups attached to an aromatic ring is 1. The number of hydrogen-bond donors (Lipinski definition) is 2. The van der Waals surface area contributed by atoms with Gasteiger partial charge in [-0.05, 0) is 56.1 Å². The number of nitrogens with two attached hydrogens (primary N) is 1. The number of benzene rings is 1. The Hall–Kier alpha value is -2.79. The first-order chi connectivity index (χ1) is 15.9. The number of morpholine rings is 1. The normalized spacial score (nSPS) is 21.4. The monoisotopic (exact) mass is 498 g/mol. The van der Waals surface area contributed by atoms with E-state index in [2.05, 4.69) is 15.3 Å². The summed E-state index contributed by atoms with van der Waals surface area (Å²) in [6.07, 6.45) is -4.65. The predicted molar refractivity (Wildman–Crippen MR) is 121 cm³/mol. The summed E-state index contributed by atoms with van der Waals surface area (Å²) in [5.74, 6) is 0.373. The molecule has 0 aliphatic carbocycles. The Morgan fingerprint density at radius 2 is 1.85 bits per heavy atom. The SMILES string of the molecule is C[C@@H]1CN(C(=O)N2Cc3nc(Cl)nc(N[C@H](C)c4cc(N)cc(C(F)(F)F)c4)c3C2)C[C@H](C)O1. The molecule has 1 saturated heterocycles. The van der Waals surface area contributed by atoms with Gasteiger partial charge in [0.1, 0.15) is 5.82 Å². The van der Waals surface area contributed by atoms with E-state index < -0.39 is 17.8 Å². The molecule has 1 aromatic carbocycles. The molecule has 4 rings (SSSR count). The van der Waals surface area contributed by atoms with Crippen molar-refractivity contribution in [2.45, 2.75) is 58.3 Å². The summed E-state index contributed by atoms with van der Waals surface area (Å²) in [6.45, 7) is 7.03. The van der Waals surface area contributed by atoms with Gasteiger partial charge in [0.05, 0.1) is 42.6 Å². The molecule has 2 aromatic rings. The number of rotatable bonds is 3. The summed E-state index contributed by atoms with van der Waals surface area (Å²) in [6, 6.07) is 2.72. The van der Waals surface area contributed by atoms with Gasteiger partial charge in [0.15, 0.2) is 0 Å². The minimum atomic E-state index is -4.52. The Morgan fingerprint density at radius 1 is 1.18 bits per heavy atom. The van der Waals surface area contributed by atoms with Crippen LogP contribution in [0.25, 0.3) is 0 Å². The number of aromatic nitrogens is 2. The molecule has 1 aromatic heterocycles. The summed E-state index contributed by atoms with van der Waals surface area (Å²) >= 11 is 6.12. The number of halogens is 4. The van der Waals surface area contributed by atoms with Gasteiger partial charge in [-0.15, -0.1) is 0 Å². The minimum Gasteiger partial charge on any atom is -0.399 e. The fourth-order valence-corrected chi connectivity index (χ4v) is 4.58. The van der Waals surface area contributed by atoms with Crippen LogP contribution >= 0.6 is 11.6 Å². The third-order valence-electron chi connectivity index (χ3n) is 5.87. The number of anilines is 2. The zero-order valence-corrected chi connectivity index (χ0v) is 19.7. The number of alkyl halides is 3. The quantitative estimate of drug-likeness (QED) is 0.479. The topological polar surface area (TPSA) is 96.6 Å². The molecule has 34 heavy (non-hydrogen) atoms. The molecule has 3 heterocycles. The highest BCUT2D eigenvalue weighted by Gasteiger charge is 2.35. The first-order valence-corrected chi connectivity index (χ1v) is 11.3. The van der Waals surface area contributed by atoms with E-state index in [9.17, 15) is 18.0 Å². The van der Waals surface area contributed by atoms with Gasteiger partial charge in [0.2, 0.25) is 5.28 Å². The van der Waals surface area contributed by atoms with E-state index in [0.717, 1.165) is 12.1 Å². The fraction of sp³-hybridized carbons (Fsp3) is 0.500. The maximum Gasteiger partial charge on any atom is 0.416 e. The Labute approximate surface area is 200 Å². The minimum absolute atomic E-state index is 0.00941. The lowest BCUT2D eigenvalue weighted by atomic mass is 10.0. The first kappa shape index (κ1) is 24.3. The number of fused-ring (bicyclic) bond motifs is 1. The molecule has 2 aliphatic rings. The standard InChI is InChI=1S/C22H26ClF3N6O2/c1-11-7-31(8-12(2)34-11)21(33)32-9-17-18(10-32)29-20(23)30-19(17)28-13(3)14-4-15(22(24,25)26)6-16(27)5-14/h4-6,11-13H,7-10,27H2,1-3H3,(H,28,29,30)/t11-,12+,13-/m1/s1. The van der Waals surface area contributed by atoms with Crippen molar-refractivity contribution in [1.82, 2.24) is 19.8 Å². The predicted octanol–water partition coefficient (Wildman–Crippen LogP) is 4.45. The van der Waals surface area contributed by atoms with Crippen molar-refractivity contribution in [2.24, 2.45) is 0 Å². The smallest absolute Gasteiger partial charge is 0.399 e. The largest absolute Gasteiger partial charge is 0.416 e. The third-order valence-corrected chi connectivity index (χ3v) is 6.04. The second kappa shape index (κ2) is 9.10. The van der Waals surface area contributed by atoms with E-state index in [-0.39, 0.29) is 42.3 Å². The summed E-state index contributed by atoms with van der Waals surface area (Å²) < 4.78 is 45.4. The average molecular weight is 499 g/mol. The molecular formula is C22H26ClF3N6O2. The van der Waals surface area contributed by atoms with Crippen molar-refractivity contribution in [3.63, 3.8) is 0 Å². The molecule has 8 nitrogen and oxygen atoms in total. The first-order valence-electron chi connectivity index (χ1n) is 10.9. The van der Waals surface area contributed by atoms with Crippen LogP contribution in [0.1, 0.15) is 49.2 Å². The maximum atomic E-state index is 13.2. The number of carbonyl (C=O) groups excluding carboxylic acids is 1. The Morgan fingerprint density at radius 3 is 2.50 bits per heavy atom. The van der Waals surface area contributed by atoms with Crippen molar-refractivity contribution in [3.05, 3.63) is 45.9 Å². The molecule has 0 saturated carbocycles. The summed E-state index contributed by atoms with van der Waals surface area (Å²) in [5, 5.41) is 3.11. The number of nitrogens with one attached hydrogen (secondary N) is 1. The lowest BCUT2D eigenvalue weighted by molar-refractivity contribution is -0.137. The molecule has 184 valence electrons. The summed E-state index contributed by atoms with van der Waals surface area (Å²) in [4.78, 5) is 25.1. The molecule has 0 unspecified atom stereocenters. The molecule has 0 bridgehead atoms. The van der Waals surface area contributed by atoms with Crippen molar-refractivity contribution >= 4 is 29.1 Å². The number of ether oxygens (including phenoxy) is 1. The van der Waals surface area contributed by atoms with Crippen molar-refractivity contribution in [2.75, 3.05) is 24.1 Å². The fourth-order valence-electron chi connectivity index (χ4n) is 4.39. The van der Waals surface area contributed by atoms with Crippen LogP contribution < -0.4 is 11.1 Å². The number of nitrogens with zero attached hydrogens (tertiary/aromatic N) is 4. The summed E-state index contributed by atoms with van der Waals surface area (Å²) in [7, 11) is 0. The van der Waals surface area contributed by atoms with E-state index >= 15 is 0 Å². The van der Waals surface area contributed by atoms with Crippen LogP contribution in [0.15, 0.2) is 18.2 Å². The number of hydrogen-bond acceptors (Lipinski definition) is 6. The van der Waals surface area contributed by atoms with E-state index in [1.165, 1.54) is 6.07 Å². The molecule has 3 atom stereocenters. The molecule has 1 fully saturated rings. The van der Waals surface area contributed by atoms with Crippen molar-refractivity contribution < 1.29 is 22.7 Å². The second-order valence-electron chi connectivity index (χ2n) is 8.82. The lowest BCUT2D eigenvalue weighted by Crippen LogP contribution is -2.51. The highest BCUT2D eigenvalue weighted by Crippen LogP contribution is 2.35. The Bertz CT molecular complexity index is 1090. The van der Waals surface area contributed by atoms with Gasteiger partial charge < -0.3 is 25.6 Å². The zero-order valence-electron chi connectivity index (χ0n) is 19.0. The van der Waals surface area contributed by atoms with Crippen LogP contribution in [0, 0.1) is 0 Å². The molecule has 3 N–H and O–H groups in total. The van der Waals surface area contributed by atoms with E-state index in [1.54, 1.807) is 16.7 Å². The van der Waals surface area contributed by atoms with E-state index in [1.807, 2.05) is 13.8 Å². The highest BCUT2D eigenvalue weighted by atomic mass is 35.5. The second-order valence-corrected chi connectivity index (χ2v) is 9.16. The van der Waals surface area contributed by atoms with Gasteiger partial charge in [0, 0.05) is 24.3 Å². The number of amides is 2. The lowest BCUT2D eigenvalue weighted by Gasteiger charge is -2.37. The van der Waals surface area contributed by atoms with Crippen molar-refractivity contribution in [3.8, 4) is 0 Å². The van der Waals surface area contributed by atoms with Gasteiger partial charge in [-0.1, -0.05) is 0 Å². The molecule has 2 amide bonds. The van der Waals surface area contributed by atoms with E-state index in [4.69, 9.17) is 22.1 Å². The molecule has 0 spiro atoms. The van der Waals surface area contributed by atoms with Gasteiger partial charge in [0.25, 0.3) is 0 Å². The van der Waals surface area contributed by atoms with Gasteiger partial charge in [-0.2, -0.15) is 13.2 Å². The molecule has 2 aliphatic heterocycles. The van der Waals surface area contributed by atoms with Crippen LogP contribution in [0.5, 0.6) is 0 Å². The van der Waals surface area contributed by atoms with Gasteiger partial charge >= 0.3 is 12.2 Å². The van der Waals surface area contributed by atoms with Crippen LogP contribution in [0.2, 0.25) is 5.28 Å². The molecule has 12 heteroatoms. The van der Waals surface area contributed by atoms with Crippen LogP contribution in [0.4, 0.5) is 29.5 Å².